The van der Waals surface area contributed by atoms with Crippen molar-refractivity contribution < 1.29 is 15.0 Å². The number of unbranched alkanes of at least 4 members (excludes halogenated alkanes) is 4. The summed E-state index contributed by atoms with van der Waals surface area (Å²) in [7, 11) is 0. The van der Waals surface area contributed by atoms with Crippen LogP contribution in [0, 0.1) is 0 Å². The van der Waals surface area contributed by atoms with E-state index < -0.39 is 12.1 Å². The van der Waals surface area contributed by atoms with Crippen molar-refractivity contribution in [3.8, 4) is 0 Å². The molecule has 0 aromatic carbocycles. The van der Waals surface area contributed by atoms with Crippen LogP contribution in [0.2, 0.25) is 0 Å². The molecule has 2 N–H and O–H groups in total. The third-order valence-electron chi connectivity index (χ3n) is 2.04. The monoisotopic (exact) mass is 200 g/mol. The fraction of sp³-hybridized carbons (Fsp3) is 0.727. The van der Waals surface area contributed by atoms with Crippen LogP contribution in [-0.2, 0) is 4.79 Å². The molecule has 3 nitrogen and oxygen atoms in total. The first kappa shape index (κ1) is 13.2. The summed E-state index contributed by atoms with van der Waals surface area (Å²) in [4.78, 5) is 10.2. The SMILES string of the molecule is CCCCCCC=CCC(O)C(=O)O. The third-order valence-corrected chi connectivity index (χ3v) is 2.04. The van der Waals surface area contributed by atoms with Gasteiger partial charge in [-0.25, -0.2) is 4.79 Å². The van der Waals surface area contributed by atoms with Crippen LogP contribution >= 0.6 is 0 Å². The first-order valence-corrected chi connectivity index (χ1v) is 5.24. The van der Waals surface area contributed by atoms with E-state index in [1.165, 1.54) is 19.3 Å². The van der Waals surface area contributed by atoms with E-state index in [0.717, 1.165) is 12.8 Å². The summed E-state index contributed by atoms with van der Waals surface area (Å²) >= 11 is 0. The third kappa shape index (κ3) is 7.80. The highest BCUT2D eigenvalue weighted by Gasteiger charge is 2.09. The van der Waals surface area contributed by atoms with E-state index in [1.54, 1.807) is 6.08 Å². The predicted molar refractivity (Wildman–Crippen MR) is 56.2 cm³/mol. The largest absolute Gasteiger partial charge is 0.479 e. The first-order chi connectivity index (χ1) is 6.68. The molecule has 0 saturated carbocycles. The van der Waals surface area contributed by atoms with Crippen LogP contribution in [-0.4, -0.2) is 22.3 Å². The fourth-order valence-electron chi connectivity index (χ4n) is 1.13. The van der Waals surface area contributed by atoms with Gasteiger partial charge in [-0.3, -0.25) is 0 Å². The number of aliphatic hydroxyl groups excluding tert-OH is 1. The topological polar surface area (TPSA) is 57.5 Å². The molecule has 0 radical (unpaired) electrons. The van der Waals surface area contributed by atoms with Crippen LogP contribution in [0.15, 0.2) is 12.2 Å². The molecule has 0 saturated heterocycles. The van der Waals surface area contributed by atoms with Gasteiger partial charge in [-0.15, -0.1) is 0 Å². The summed E-state index contributed by atoms with van der Waals surface area (Å²) in [6, 6.07) is 0. The van der Waals surface area contributed by atoms with Crippen molar-refractivity contribution in [1.82, 2.24) is 0 Å². The molecule has 1 unspecified atom stereocenters. The highest BCUT2D eigenvalue weighted by Crippen LogP contribution is 2.03. The Morgan fingerprint density at radius 3 is 2.57 bits per heavy atom. The summed E-state index contributed by atoms with van der Waals surface area (Å²) in [5.41, 5.74) is 0. The summed E-state index contributed by atoms with van der Waals surface area (Å²) in [5.74, 6) is -1.15. The molecule has 0 aromatic heterocycles. The van der Waals surface area contributed by atoms with Gasteiger partial charge in [0.2, 0.25) is 0 Å². The van der Waals surface area contributed by atoms with Crippen LogP contribution in [0.25, 0.3) is 0 Å². The number of hydrogen-bond donors (Lipinski definition) is 2. The minimum atomic E-state index is -1.25. The Morgan fingerprint density at radius 1 is 1.29 bits per heavy atom. The minimum absolute atomic E-state index is 0.211. The lowest BCUT2D eigenvalue weighted by Crippen LogP contribution is -2.17. The van der Waals surface area contributed by atoms with Crippen LogP contribution in [0.3, 0.4) is 0 Å². The lowest BCUT2D eigenvalue weighted by atomic mass is 10.1. The van der Waals surface area contributed by atoms with E-state index in [0.29, 0.717) is 0 Å². The lowest BCUT2D eigenvalue weighted by molar-refractivity contribution is -0.146. The Hall–Kier alpha value is -0.830. The smallest absolute Gasteiger partial charge is 0.332 e. The van der Waals surface area contributed by atoms with Crippen molar-refractivity contribution in [3.63, 3.8) is 0 Å². The average molecular weight is 200 g/mol. The van der Waals surface area contributed by atoms with Crippen molar-refractivity contribution in [1.29, 1.82) is 0 Å². The van der Waals surface area contributed by atoms with Gasteiger partial charge in [0.1, 0.15) is 0 Å². The Balaban J connectivity index is 3.31. The normalized spacial score (nSPS) is 13.3. The van der Waals surface area contributed by atoms with E-state index in [9.17, 15) is 4.79 Å². The molecule has 0 heterocycles. The Morgan fingerprint density at radius 2 is 2.00 bits per heavy atom. The molecule has 0 aliphatic rings. The van der Waals surface area contributed by atoms with Crippen LogP contribution in [0.1, 0.15) is 45.4 Å². The molecule has 0 bridgehead atoms. The number of aliphatic hydroxyl groups is 1. The summed E-state index contributed by atoms with van der Waals surface area (Å²) in [6.45, 7) is 2.17. The van der Waals surface area contributed by atoms with Crippen molar-refractivity contribution >= 4 is 5.97 Å². The Bertz CT molecular complexity index is 175. The zero-order chi connectivity index (χ0) is 10.8. The molecular weight excluding hydrogens is 180 g/mol. The van der Waals surface area contributed by atoms with Crippen molar-refractivity contribution in [2.24, 2.45) is 0 Å². The second kappa shape index (κ2) is 8.75. The van der Waals surface area contributed by atoms with Gasteiger partial charge >= 0.3 is 5.97 Å². The van der Waals surface area contributed by atoms with Gasteiger partial charge in [-0.1, -0.05) is 38.3 Å². The van der Waals surface area contributed by atoms with Gasteiger partial charge in [0.05, 0.1) is 0 Å². The molecule has 0 aromatic rings. The molecule has 0 spiro atoms. The van der Waals surface area contributed by atoms with E-state index in [2.05, 4.69) is 6.92 Å². The van der Waals surface area contributed by atoms with E-state index in [1.807, 2.05) is 6.08 Å². The van der Waals surface area contributed by atoms with E-state index >= 15 is 0 Å². The Kier molecular flexibility index (Phi) is 8.24. The van der Waals surface area contributed by atoms with Gasteiger partial charge in [-0.2, -0.15) is 0 Å². The summed E-state index contributed by atoms with van der Waals surface area (Å²) < 4.78 is 0. The molecule has 1 atom stereocenters. The standard InChI is InChI=1S/C11H20O3/c1-2-3-4-5-6-7-8-9-10(12)11(13)14/h7-8,10,12H,2-6,9H2,1H3,(H,13,14). The molecular formula is C11H20O3. The molecule has 0 rings (SSSR count). The maximum Gasteiger partial charge on any atom is 0.332 e. The van der Waals surface area contributed by atoms with E-state index in [4.69, 9.17) is 10.2 Å². The van der Waals surface area contributed by atoms with Gasteiger partial charge in [-0.05, 0) is 12.8 Å². The number of rotatable bonds is 8. The maximum atomic E-state index is 10.2. The molecule has 0 aliphatic heterocycles. The highest BCUT2D eigenvalue weighted by atomic mass is 16.4. The molecule has 0 amide bonds. The molecule has 82 valence electrons. The molecule has 14 heavy (non-hydrogen) atoms. The number of hydrogen-bond acceptors (Lipinski definition) is 2. The zero-order valence-electron chi connectivity index (χ0n) is 8.78. The predicted octanol–water partition coefficient (Wildman–Crippen LogP) is 2.35. The van der Waals surface area contributed by atoms with Crippen LogP contribution in [0.4, 0.5) is 0 Å². The second-order valence-electron chi connectivity index (χ2n) is 3.41. The molecule has 3 heteroatoms. The van der Waals surface area contributed by atoms with Crippen LogP contribution < -0.4 is 0 Å². The molecule has 0 fully saturated rings. The quantitative estimate of drug-likeness (QED) is 0.467. The fourth-order valence-corrected chi connectivity index (χ4v) is 1.13. The first-order valence-electron chi connectivity index (χ1n) is 5.24. The summed E-state index contributed by atoms with van der Waals surface area (Å²) in [5, 5.41) is 17.3. The van der Waals surface area contributed by atoms with Gasteiger partial charge in [0.15, 0.2) is 6.10 Å². The van der Waals surface area contributed by atoms with Crippen molar-refractivity contribution in [2.75, 3.05) is 0 Å². The van der Waals surface area contributed by atoms with Crippen molar-refractivity contribution in [3.05, 3.63) is 12.2 Å². The summed E-state index contributed by atoms with van der Waals surface area (Å²) in [6.07, 6.45) is 8.48. The number of carboxylic acid groups (broad SMARTS) is 1. The van der Waals surface area contributed by atoms with Gasteiger partial charge < -0.3 is 10.2 Å². The zero-order valence-corrected chi connectivity index (χ0v) is 8.78. The number of carboxylic acids is 1. The second-order valence-corrected chi connectivity index (χ2v) is 3.41. The minimum Gasteiger partial charge on any atom is -0.479 e. The van der Waals surface area contributed by atoms with Crippen LogP contribution in [0.5, 0.6) is 0 Å². The lowest BCUT2D eigenvalue weighted by Gasteiger charge is -1.99. The van der Waals surface area contributed by atoms with Crippen molar-refractivity contribution in [2.45, 2.75) is 51.6 Å². The Labute approximate surface area is 85.4 Å². The number of carbonyl (C=O) groups is 1. The number of aliphatic carboxylic acids is 1. The maximum absolute atomic E-state index is 10.2. The number of allylic oxidation sites excluding steroid dienone is 1. The molecule has 0 aliphatic carbocycles. The van der Waals surface area contributed by atoms with Gasteiger partial charge in [0.25, 0.3) is 0 Å². The van der Waals surface area contributed by atoms with Gasteiger partial charge in [0, 0.05) is 6.42 Å². The average Bonchev–Trinajstić information content (AvgIpc) is 2.16. The van der Waals surface area contributed by atoms with E-state index in [-0.39, 0.29) is 6.42 Å². The highest BCUT2D eigenvalue weighted by molar-refractivity contribution is 5.72.